The molecule has 0 bridgehead atoms. The fraction of sp³-hybridized carbons (Fsp3) is 0.200. The monoisotopic (exact) mass is 299 g/mol. The summed E-state index contributed by atoms with van der Waals surface area (Å²) in [4.78, 5) is 11.7. The van der Waals surface area contributed by atoms with Gasteiger partial charge in [-0.1, -0.05) is 0 Å². The molecule has 6 heteroatoms. The summed E-state index contributed by atoms with van der Waals surface area (Å²) in [7, 11) is 0. The van der Waals surface area contributed by atoms with Crippen molar-refractivity contribution in [1.29, 1.82) is 0 Å². The number of amides is 1. The summed E-state index contributed by atoms with van der Waals surface area (Å²) in [6, 6.07) is 1.81. The number of hydrogen-bond donors (Lipinski definition) is 2. The molecule has 2 aromatic heterocycles. The number of aromatic amines is 1. The number of aryl methyl sites for hydroxylation is 1. The molecule has 2 aromatic rings. The van der Waals surface area contributed by atoms with Crippen molar-refractivity contribution in [3.8, 4) is 0 Å². The molecule has 0 fully saturated rings. The zero-order chi connectivity index (χ0) is 11.5. The molecule has 0 atom stereocenters. The predicted molar refractivity (Wildman–Crippen MR) is 66.5 cm³/mol. The topological polar surface area (TPSA) is 57.8 Å². The molecule has 0 aromatic carbocycles. The molecule has 0 unspecified atom stereocenters. The van der Waals surface area contributed by atoms with Gasteiger partial charge in [-0.3, -0.25) is 9.89 Å². The Kier molecular flexibility index (Phi) is 3.40. The van der Waals surface area contributed by atoms with E-state index in [1.54, 1.807) is 6.20 Å². The van der Waals surface area contributed by atoms with Crippen molar-refractivity contribution in [2.75, 3.05) is 0 Å². The van der Waals surface area contributed by atoms with Crippen LogP contribution in [0, 0.1) is 6.92 Å². The lowest BCUT2D eigenvalue weighted by atomic mass is 10.2. The Bertz CT molecular complexity index is 506. The highest BCUT2D eigenvalue weighted by Crippen LogP contribution is 2.20. The minimum absolute atomic E-state index is 0.0671. The Morgan fingerprint density at radius 3 is 3.06 bits per heavy atom. The third-order valence-corrected chi connectivity index (χ3v) is 3.71. The molecule has 1 amide bonds. The zero-order valence-corrected chi connectivity index (χ0v) is 11.0. The van der Waals surface area contributed by atoms with Gasteiger partial charge in [-0.25, -0.2) is 0 Å². The van der Waals surface area contributed by atoms with Crippen LogP contribution in [-0.2, 0) is 6.54 Å². The molecule has 0 radical (unpaired) electrons. The molecule has 84 valence electrons. The van der Waals surface area contributed by atoms with E-state index in [0.29, 0.717) is 12.1 Å². The fourth-order valence-corrected chi connectivity index (χ4v) is 2.40. The number of nitrogens with zero attached hydrogens (tertiary/aromatic N) is 1. The van der Waals surface area contributed by atoms with Gasteiger partial charge in [-0.05, 0) is 28.9 Å². The van der Waals surface area contributed by atoms with Crippen LogP contribution in [0.4, 0.5) is 0 Å². The number of carbonyl (C=O) groups excluding carboxylic acids is 1. The maximum atomic E-state index is 11.7. The minimum atomic E-state index is -0.0671. The van der Waals surface area contributed by atoms with Crippen molar-refractivity contribution in [1.82, 2.24) is 15.5 Å². The van der Waals surface area contributed by atoms with Crippen LogP contribution in [0.5, 0.6) is 0 Å². The van der Waals surface area contributed by atoms with Gasteiger partial charge in [0.05, 0.1) is 15.5 Å². The molecule has 2 N–H and O–H groups in total. The Balaban J connectivity index is 1.96. The first-order chi connectivity index (χ1) is 7.66. The summed E-state index contributed by atoms with van der Waals surface area (Å²) in [5.74, 6) is -0.0671. The Hall–Kier alpha value is -1.14. The molecule has 0 aliphatic heterocycles. The molecule has 0 spiro atoms. The van der Waals surface area contributed by atoms with E-state index in [9.17, 15) is 4.79 Å². The van der Waals surface area contributed by atoms with E-state index >= 15 is 0 Å². The van der Waals surface area contributed by atoms with Crippen LogP contribution >= 0.6 is 27.3 Å². The van der Waals surface area contributed by atoms with Crippen LogP contribution in [-0.4, -0.2) is 16.1 Å². The van der Waals surface area contributed by atoms with Crippen molar-refractivity contribution in [3.63, 3.8) is 0 Å². The van der Waals surface area contributed by atoms with Crippen LogP contribution in [0.3, 0.4) is 0 Å². The van der Waals surface area contributed by atoms with Crippen molar-refractivity contribution in [2.45, 2.75) is 13.5 Å². The molecule has 0 saturated heterocycles. The van der Waals surface area contributed by atoms with Gasteiger partial charge >= 0.3 is 0 Å². The number of thiophene rings is 1. The quantitative estimate of drug-likeness (QED) is 0.915. The maximum absolute atomic E-state index is 11.7. The maximum Gasteiger partial charge on any atom is 0.252 e. The first kappa shape index (κ1) is 11.3. The van der Waals surface area contributed by atoms with E-state index in [-0.39, 0.29) is 5.91 Å². The largest absolute Gasteiger partial charge is 0.348 e. The number of halogens is 1. The van der Waals surface area contributed by atoms with E-state index < -0.39 is 0 Å². The third-order valence-electron chi connectivity index (χ3n) is 2.20. The SMILES string of the molecule is Cc1[nH]ncc1CNC(=O)c1csc(Br)c1. The van der Waals surface area contributed by atoms with Gasteiger partial charge in [0.25, 0.3) is 5.91 Å². The average Bonchev–Trinajstić information content (AvgIpc) is 2.84. The summed E-state index contributed by atoms with van der Waals surface area (Å²) in [6.07, 6.45) is 1.72. The van der Waals surface area contributed by atoms with Crippen molar-refractivity contribution >= 4 is 33.2 Å². The van der Waals surface area contributed by atoms with E-state index in [2.05, 4.69) is 31.4 Å². The van der Waals surface area contributed by atoms with Crippen LogP contribution in [0.2, 0.25) is 0 Å². The first-order valence-corrected chi connectivity index (χ1v) is 6.35. The highest BCUT2D eigenvalue weighted by atomic mass is 79.9. The van der Waals surface area contributed by atoms with Crippen LogP contribution in [0.25, 0.3) is 0 Å². The van der Waals surface area contributed by atoms with Gasteiger partial charge in [-0.15, -0.1) is 11.3 Å². The van der Waals surface area contributed by atoms with E-state index in [4.69, 9.17) is 0 Å². The summed E-state index contributed by atoms with van der Waals surface area (Å²) < 4.78 is 0.956. The van der Waals surface area contributed by atoms with Gasteiger partial charge in [0.15, 0.2) is 0 Å². The van der Waals surface area contributed by atoms with Gasteiger partial charge in [0, 0.05) is 23.2 Å². The molecular formula is C10H10BrN3OS. The van der Waals surface area contributed by atoms with Gasteiger partial charge in [0.2, 0.25) is 0 Å². The first-order valence-electron chi connectivity index (χ1n) is 4.68. The third kappa shape index (κ3) is 2.51. The molecule has 4 nitrogen and oxygen atoms in total. The predicted octanol–water partition coefficient (Wildman–Crippen LogP) is 2.47. The summed E-state index contributed by atoms with van der Waals surface area (Å²) in [5.41, 5.74) is 2.66. The normalized spacial score (nSPS) is 10.4. The Morgan fingerprint density at radius 1 is 1.69 bits per heavy atom. The number of nitrogens with one attached hydrogen (secondary N) is 2. The van der Waals surface area contributed by atoms with E-state index in [0.717, 1.165) is 15.0 Å². The lowest BCUT2D eigenvalue weighted by Gasteiger charge is -2.02. The molecule has 0 saturated carbocycles. The molecule has 0 aliphatic carbocycles. The van der Waals surface area contributed by atoms with Crippen molar-refractivity contribution in [3.05, 3.63) is 38.3 Å². The number of hydrogen-bond acceptors (Lipinski definition) is 3. The molecule has 0 aliphatic rings. The molecular weight excluding hydrogens is 290 g/mol. The summed E-state index contributed by atoms with van der Waals surface area (Å²) in [5, 5.41) is 11.4. The van der Waals surface area contributed by atoms with E-state index in [1.807, 2.05) is 18.4 Å². The van der Waals surface area contributed by atoms with Crippen molar-refractivity contribution in [2.24, 2.45) is 0 Å². The fourth-order valence-electron chi connectivity index (χ4n) is 1.26. The van der Waals surface area contributed by atoms with Gasteiger partial charge in [-0.2, -0.15) is 5.10 Å². The lowest BCUT2D eigenvalue weighted by Crippen LogP contribution is -2.22. The summed E-state index contributed by atoms with van der Waals surface area (Å²) in [6.45, 7) is 2.42. The molecule has 2 rings (SSSR count). The standard InChI is InChI=1S/C10H10BrN3OS/c1-6-8(4-13-14-6)3-12-10(15)7-2-9(11)16-5-7/h2,4-5H,3H2,1H3,(H,12,15)(H,13,14). The smallest absolute Gasteiger partial charge is 0.252 e. The number of rotatable bonds is 3. The van der Waals surface area contributed by atoms with E-state index in [1.165, 1.54) is 11.3 Å². The average molecular weight is 300 g/mol. The van der Waals surface area contributed by atoms with Crippen LogP contribution < -0.4 is 5.32 Å². The zero-order valence-electron chi connectivity index (χ0n) is 8.58. The van der Waals surface area contributed by atoms with Crippen LogP contribution in [0.15, 0.2) is 21.4 Å². The summed E-state index contributed by atoms with van der Waals surface area (Å²) >= 11 is 4.82. The number of aromatic nitrogens is 2. The second-order valence-electron chi connectivity index (χ2n) is 3.34. The van der Waals surface area contributed by atoms with Gasteiger partial charge < -0.3 is 5.32 Å². The molecule has 16 heavy (non-hydrogen) atoms. The highest BCUT2D eigenvalue weighted by molar-refractivity contribution is 9.11. The van der Waals surface area contributed by atoms with Gasteiger partial charge in [0.1, 0.15) is 0 Å². The minimum Gasteiger partial charge on any atom is -0.348 e. The number of carbonyl (C=O) groups is 1. The Labute approximate surface area is 105 Å². The lowest BCUT2D eigenvalue weighted by molar-refractivity contribution is 0.0951. The second kappa shape index (κ2) is 4.80. The second-order valence-corrected chi connectivity index (χ2v) is 5.63. The number of H-pyrrole nitrogens is 1. The molecule has 2 heterocycles. The highest BCUT2D eigenvalue weighted by Gasteiger charge is 2.08. The van der Waals surface area contributed by atoms with Crippen molar-refractivity contribution < 1.29 is 4.79 Å². The Morgan fingerprint density at radius 2 is 2.50 bits per heavy atom. The van der Waals surface area contributed by atoms with Crippen LogP contribution in [0.1, 0.15) is 21.6 Å².